The van der Waals surface area contributed by atoms with Gasteiger partial charge in [0.1, 0.15) is 5.82 Å². The first-order chi connectivity index (χ1) is 8.09. The van der Waals surface area contributed by atoms with Crippen molar-refractivity contribution in [1.82, 2.24) is 4.98 Å². The third kappa shape index (κ3) is 2.72. The van der Waals surface area contributed by atoms with Crippen molar-refractivity contribution in [3.63, 3.8) is 0 Å². The maximum Gasteiger partial charge on any atom is 0.143 e. The van der Waals surface area contributed by atoms with Crippen LogP contribution in [0, 0.1) is 6.92 Å². The molecule has 2 rings (SSSR count). The summed E-state index contributed by atoms with van der Waals surface area (Å²) < 4.78 is 6.63. The topological polar surface area (TPSA) is 51.4 Å². The van der Waals surface area contributed by atoms with Gasteiger partial charge < -0.3 is 15.4 Å². The van der Waals surface area contributed by atoms with Crippen molar-refractivity contribution < 1.29 is 4.74 Å². The molecule has 1 unspecified atom stereocenters. The standard InChI is InChI=1S/C12H18BrN3O/c1-8-7-16(4-3-5-17-8)12-11(13)9(2)10(14)6-15-12/h6,8H,3-5,7,14H2,1-2H3. The number of aromatic nitrogens is 1. The molecule has 17 heavy (non-hydrogen) atoms. The van der Waals surface area contributed by atoms with E-state index in [-0.39, 0.29) is 6.10 Å². The van der Waals surface area contributed by atoms with Crippen molar-refractivity contribution in [1.29, 1.82) is 0 Å². The Labute approximate surface area is 110 Å². The third-order valence-corrected chi connectivity index (χ3v) is 3.99. The number of hydrogen-bond acceptors (Lipinski definition) is 4. The lowest BCUT2D eigenvalue weighted by Gasteiger charge is -2.25. The van der Waals surface area contributed by atoms with Gasteiger partial charge >= 0.3 is 0 Å². The van der Waals surface area contributed by atoms with Crippen LogP contribution in [0.2, 0.25) is 0 Å². The van der Waals surface area contributed by atoms with E-state index < -0.39 is 0 Å². The number of nitrogens with zero attached hydrogens (tertiary/aromatic N) is 2. The fourth-order valence-corrected chi connectivity index (χ4v) is 2.57. The fraction of sp³-hybridized carbons (Fsp3) is 0.583. The van der Waals surface area contributed by atoms with Crippen LogP contribution in [0.25, 0.3) is 0 Å². The van der Waals surface area contributed by atoms with Gasteiger partial charge in [0.2, 0.25) is 0 Å². The first-order valence-electron chi connectivity index (χ1n) is 5.86. The summed E-state index contributed by atoms with van der Waals surface area (Å²) in [6.45, 7) is 6.76. The van der Waals surface area contributed by atoms with E-state index in [1.165, 1.54) is 0 Å². The average Bonchev–Trinajstić information content (AvgIpc) is 2.51. The molecule has 94 valence electrons. The lowest BCUT2D eigenvalue weighted by atomic mass is 10.2. The molecular weight excluding hydrogens is 282 g/mol. The SMILES string of the molecule is Cc1c(N)cnc(N2CCCOC(C)C2)c1Br. The highest BCUT2D eigenvalue weighted by atomic mass is 79.9. The van der Waals surface area contributed by atoms with Crippen LogP contribution in [0.15, 0.2) is 10.7 Å². The molecule has 1 aromatic heterocycles. The lowest BCUT2D eigenvalue weighted by Crippen LogP contribution is -2.31. The van der Waals surface area contributed by atoms with Gasteiger partial charge in [-0.15, -0.1) is 0 Å². The van der Waals surface area contributed by atoms with Gasteiger partial charge in [-0.25, -0.2) is 4.98 Å². The Morgan fingerprint density at radius 2 is 2.35 bits per heavy atom. The summed E-state index contributed by atoms with van der Waals surface area (Å²) in [4.78, 5) is 6.70. The van der Waals surface area contributed by atoms with Gasteiger partial charge in [-0.3, -0.25) is 0 Å². The van der Waals surface area contributed by atoms with Gasteiger partial charge in [0.05, 0.1) is 22.5 Å². The fourth-order valence-electron chi connectivity index (χ4n) is 1.99. The van der Waals surface area contributed by atoms with Crippen molar-refractivity contribution in [2.24, 2.45) is 0 Å². The highest BCUT2D eigenvalue weighted by Crippen LogP contribution is 2.31. The van der Waals surface area contributed by atoms with Crippen LogP contribution in [0.5, 0.6) is 0 Å². The number of nitrogen functional groups attached to an aromatic ring is 1. The van der Waals surface area contributed by atoms with Crippen LogP contribution in [-0.2, 0) is 4.74 Å². The molecule has 1 fully saturated rings. The lowest BCUT2D eigenvalue weighted by molar-refractivity contribution is 0.0820. The maximum absolute atomic E-state index is 5.84. The Morgan fingerprint density at radius 1 is 1.59 bits per heavy atom. The van der Waals surface area contributed by atoms with Gasteiger partial charge in [0, 0.05) is 19.7 Å². The molecule has 0 spiro atoms. The van der Waals surface area contributed by atoms with Crippen LogP contribution in [0.3, 0.4) is 0 Å². The third-order valence-electron chi connectivity index (χ3n) is 3.04. The molecule has 0 saturated carbocycles. The number of nitrogens with two attached hydrogens (primary N) is 1. The molecule has 2 N–H and O–H groups in total. The van der Waals surface area contributed by atoms with Crippen molar-refractivity contribution in [2.75, 3.05) is 30.3 Å². The summed E-state index contributed by atoms with van der Waals surface area (Å²) in [6, 6.07) is 0. The Bertz CT molecular complexity index is 411. The molecule has 0 aromatic carbocycles. The van der Waals surface area contributed by atoms with E-state index in [9.17, 15) is 0 Å². The monoisotopic (exact) mass is 299 g/mol. The van der Waals surface area contributed by atoms with Gasteiger partial charge in [0.25, 0.3) is 0 Å². The van der Waals surface area contributed by atoms with Crippen LogP contribution < -0.4 is 10.6 Å². The molecule has 0 amide bonds. The predicted molar refractivity (Wildman–Crippen MR) is 73.3 cm³/mol. The maximum atomic E-state index is 5.84. The largest absolute Gasteiger partial charge is 0.397 e. The summed E-state index contributed by atoms with van der Waals surface area (Å²) >= 11 is 3.59. The molecule has 1 aliphatic heterocycles. The molecule has 0 radical (unpaired) electrons. The van der Waals surface area contributed by atoms with Gasteiger partial charge in [0.15, 0.2) is 0 Å². The Balaban J connectivity index is 2.29. The summed E-state index contributed by atoms with van der Waals surface area (Å²) in [5, 5.41) is 0. The van der Waals surface area contributed by atoms with Gasteiger partial charge in [-0.2, -0.15) is 0 Å². The second kappa shape index (κ2) is 5.23. The smallest absolute Gasteiger partial charge is 0.143 e. The molecule has 5 heteroatoms. The van der Waals surface area contributed by atoms with Crippen LogP contribution in [0.1, 0.15) is 18.9 Å². The number of pyridine rings is 1. The minimum absolute atomic E-state index is 0.240. The van der Waals surface area contributed by atoms with E-state index in [1.807, 2.05) is 6.92 Å². The van der Waals surface area contributed by atoms with E-state index in [1.54, 1.807) is 6.20 Å². The second-order valence-corrected chi connectivity index (χ2v) is 5.25. The van der Waals surface area contributed by atoms with Gasteiger partial charge in [-0.05, 0) is 41.8 Å². The summed E-state index contributed by atoms with van der Waals surface area (Å²) in [5.41, 5.74) is 7.61. The van der Waals surface area contributed by atoms with E-state index in [0.29, 0.717) is 0 Å². The van der Waals surface area contributed by atoms with E-state index in [0.717, 1.165) is 47.7 Å². The Kier molecular flexibility index (Phi) is 3.89. The zero-order valence-electron chi connectivity index (χ0n) is 10.2. The first-order valence-corrected chi connectivity index (χ1v) is 6.66. The van der Waals surface area contributed by atoms with E-state index >= 15 is 0 Å². The zero-order chi connectivity index (χ0) is 12.4. The molecule has 0 bridgehead atoms. The molecule has 1 aliphatic rings. The molecule has 4 nitrogen and oxygen atoms in total. The zero-order valence-corrected chi connectivity index (χ0v) is 11.8. The summed E-state index contributed by atoms with van der Waals surface area (Å²) in [6.07, 6.45) is 3.00. The predicted octanol–water partition coefficient (Wildman–Crippen LogP) is 2.35. The summed E-state index contributed by atoms with van der Waals surface area (Å²) in [5.74, 6) is 0.967. The van der Waals surface area contributed by atoms with Crippen LogP contribution >= 0.6 is 15.9 Å². The van der Waals surface area contributed by atoms with Crippen molar-refractivity contribution in [3.05, 3.63) is 16.2 Å². The van der Waals surface area contributed by atoms with Crippen molar-refractivity contribution in [3.8, 4) is 0 Å². The van der Waals surface area contributed by atoms with Gasteiger partial charge in [-0.1, -0.05) is 0 Å². The second-order valence-electron chi connectivity index (χ2n) is 4.46. The number of hydrogen-bond donors (Lipinski definition) is 1. The molecule has 0 aliphatic carbocycles. The number of ether oxygens (including phenoxy) is 1. The Hall–Kier alpha value is -0.810. The molecule has 1 saturated heterocycles. The van der Waals surface area contributed by atoms with Crippen molar-refractivity contribution in [2.45, 2.75) is 26.4 Å². The van der Waals surface area contributed by atoms with Crippen LogP contribution in [-0.4, -0.2) is 30.8 Å². The minimum Gasteiger partial charge on any atom is -0.397 e. The normalized spacial score (nSPS) is 21.4. The quantitative estimate of drug-likeness (QED) is 0.865. The van der Waals surface area contributed by atoms with Crippen molar-refractivity contribution >= 4 is 27.4 Å². The molecule has 1 aromatic rings. The minimum atomic E-state index is 0.240. The first kappa shape index (κ1) is 12.6. The Morgan fingerprint density at radius 3 is 3.12 bits per heavy atom. The molecule has 2 heterocycles. The number of anilines is 2. The van der Waals surface area contributed by atoms with E-state index in [4.69, 9.17) is 10.5 Å². The van der Waals surface area contributed by atoms with E-state index in [2.05, 4.69) is 32.7 Å². The molecular formula is C12H18BrN3O. The number of rotatable bonds is 1. The highest BCUT2D eigenvalue weighted by molar-refractivity contribution is 9.10. The number of halogens is 1. The summed E-state index contributed by atoms with van der Waals surface area (Å²) in [7, 11) is 0. The highest BCUT2D eigenvalue weighted by Gasteiger charge is 2.19. The average molecular weight is 300 g/mol. The van der Waals surface area contributed by atoms with Crippen LogP contribution in [0.4, 0.5) is 11.5 Å². The molecule has 1 atom stereocenters.